The summed E-state index contributed by atoms with van der Waals surface area (Å²) in [6.45, 7) is 15.9. The highest BCUT2D eigenvalue weighted by atomic mass is 127. The van der Waals surface area contributed by atoms with Crippen molar-refractivity contribution >= 4 is 29.9 Å². The average Bonchev–Trinajstić information content (AvgIpc) is 2.56. The highest BCUT2D eigenvalue weighted by molar-refractivity contribution is 14.0. The van der Waals surface area contributed by atoms with E-state index in [4.69, 9.17) is 9.47 Å². The van der Waals surface area contributed by atoms with Crippen LogP contribution >= 0.6 is 24.0 Å². The zero-order valence-electron chi connectivity index (χ0n) is 16.7. The normalized spacial score (nSPS) is 17.5. The number of hydrogen-bond donors (Lipinski definition) is 2. The summed E-state index contributed by atoms with van der Waals surface area (Å²) in [5, 5.41) is 6.78. The summed E-state index contributed by atoms with van der Waals surface area (Å²) >= 11 is 0. The minimum Gasteiger partial charge on any atom is -0.380 e. The molecule has 25 heavy (non-hydrogen) atoms. The summed E-state index contributed by atoms with van der Waals surface area (Å²) < 4.78 is 11.1. The van der Waals surface area contributed by atoms with Gasteiger partial charge in [0.05, 0.1) is 19.8 Å². The molecule has 0 amide bonds. The second-order valence-electron chi connectivity index (χ2n) is 7.13. The third-order valence-electron chi connectivity index (χ3n) is 4.36. The van der Waals surface area contributed by atoms with Gasteiger partial charge in [-0.25, -0.2) is 0 Å². The van der Waals surface area contributed by atoms with Crippen LogP contribution in [0, 0.1) is 11.8 Å². The average molecular weight is 470 g/mol. The second kappa shape index (κ2) is 15.0. The van der Waals surface area contributed by atoms with Gasteiger partial charge in [-0.2, -0.15) is 0 Å². The van der Waals surface area contributed by atoms with E-state index in [1.165, 1.54) is 0 Å². The maximum Gasteiger partial charge on any atom is 0.191 e. The maximum atomic E-state index is 5.63. The predicted molar refractivity (Wildman–Crippen MR) is 116 cm³/mol. The van der Waals surface area contributed by atoms with E-state index in [9.17, 15) is 0 Å². The molecule has 0 radical (unpaired) electrons. The standard InChI is InChI=1S/C18H38N4O2.HI/c1-15(2)6-10-23-11-7-20-18(19-5)21-14-17(16(3)4)22-8-12-24-13-9-22;/h15-17H,6-14H2,1-5H3,(H2,19,20,21);1H. The molecule has 1 atom stereocenters. The Morgan fingerprint density at radius 3 is 2.36 bits per heavy atom. The number of morpholine rings is 1. The van der Waals surface area contributed by atoms with E-state index in [1.54, 1.807) is 0 Å². The fraction of sp³-hybridized carbons (Fsp3) is 0.944. The summed E-state index contributed by atoms with van der Waals surface area (Å²) in [7, 11) is 1.81. The fourth-order valence-electron chi connectivity index (χ4n) is 2.78. The molecule has 7 heteroatoms. The van der Waals surface area contributed by atoms with Gasteiger partial charge in [-0.15, -0.1) is 24.0 Å². The first-order valence-corrected chi connectivity index (χ1v) is 9.38. The van der Waals surface area contributed by atoms with Crippen LogP contribution in [0.15, 0.2) is 4.99 Å². The largest absolute Gasteiger partial charge is 0.380 e. The topological polar surface area (TPSA) is 58.1 Å². The van der Waals surface area contributed by atoms with E-state index in [2.05, 4.69) is 48.2 Å². The Morgan fingerprint density at radius 1 is 1.12 bits per heavy atom. The molecule has 1 aliphatic heterocycles. The lowest BCUT2D eigenvalue weighted by Crippen LogP contribution is -2.52. The van der Waals surface area contributed by atoms with Gasteiger partial charge in [0.1, 0.15) is 0 Å². The van der Waals surface area contributed by atoms with Gasteiger partial charge < -0.3 is 20.1 Å². The molecule has 2 N–H and O–H groups in total. The van der Waals surface area contributed by atoms with Gasteiger partial charge in [0.15, 0.2) is 5.96 Å². The van der Waals surface area contributed by atoms with Gasteiger partial charge in [0.25, 0.3) is 0 Å². The molecule has 1 unspecified atom stereocenters. The van der Waals surface area contributed by atoms with Gasteiger partial charge in [0, 0.05) is 45.9 Å². The van der Waals surface area contributed by atoms with Crippen molar-refractivity contribution in [1.82, 2.24) is 15.5 Å². The molecule has 0 spiro atoms. The van der Waals surface area contributed by atoms with E-state index in [0.717, 1.165) is 58.4 Å². The van der Waals surface area contributed by atoms with Crippen molar-refractivity contribution in [2.45, 2.75) is 40.2 Å². The van der Waals surface area contributed by atoms with Crippen LogP contribution < -0.4 is 10.6 Å². The molecule has 150 valence electrons. The predicted octanol–water partition coefficient (Wildman–Crippen LogP) is 2.19. The van der Waals surface area contributed by atoms with Gasteiger partial charge in [-0.1, -0.05) is 27.7 Å². The van der Waals surface area contributed by atoms with Crippen LogP contribution in [0.4, 0.5) is 0 Å². The molecule has 6 nitrogen and oxygen atoms in total. The lowest BCUT2D eigenvalue weighted by Gasteiger charge is -2.37. The molecule has 1 heterocycles. The van der Waals surface area contributed by atoms with E-state index >= 15 is 0 Å². The Kier molecular flexibility index (Phi) is 14.9. The number of nitrogens with zero attached hydrogens (tertiary/aromatic N) is 2. The van der Waals surface area contributed by atoms with E-state index in [1.807, 2.05) is 7.05 Å². The van der Waals surface area contributed by atoms with Crippen LogP contribution in [0.5, 0.6) is 0 Å². The van der Waals surface area contributed by atoms with Crippen LogP contribution in [-0.4, -0.2) is 76.6 Å². The highest BCUT2D eigenvalue weighted by Crippen LogP contribution is 2.12. The first kappa shape index (κ1) is 24.9. The number of halogens is 1. The third kappa shape index (κ3) is 11.2. The smallest absolute Gasteiger partial charge is 0.191 e. The molecule has 1 saturated heterocycles. The number of aliphatic imine (C=N–C) groups is 1. The zero-order chi connectivity index (χ0) is 17.8. The van der Waals surface area contributed by atoms with Crippen molar-refractivity contribution < 1.29 is 9.47 Å². The Hall–Kier alpha value is -0.120. The van der Waals surface area contributed by atoms with Crippen LogP contribution in [0.25, 0.3) is 0 Å². The molecule has 0 aromatic carbocycles. The summed E-state index contributed by atoms with van der Waals surface area (Å²) in [5.74, 6) is 2.13. The minimum absolute atomic E-state index is 0. The van der Waals surface area contributed by atoms with Crippen LogP contribution in [-0.2, 0) is 9.47 Å². The number of rotatable bonds is 10. The Balaban J connectivity index is 0.00000576. The van der Waals surface area contributed by atoms with Crippen LogP contribution in [0.3, 0.4) is 0 Å². The summed E-state index contributed by atoms with van der Waals surface area (Å²) in [5.41, 5.74) is 0. The van der Waals surface area contributed by atoms with Crippen molar-refractivity contribution in [2.75, 3.05) is 59.7 Å². The first-order chi connectivity index (χ1) is 11.5. The van der Waals surface area contributed by atoms with Gasteiger partial charge >= 0.3 is 0 Å². The minimum atomic E-state index is 0. The van der Waals surface area contributed by atoms with Crippen molar-refractivity contribution in [3.05, 3.63) is 0 Å². The summed E-state index contributed by atoms with van der Waals surface area (Å²) in [6, 6.07) is 0.495. The second-order valence-corrected chi connectivity index (χ2v) is 7.13. The summed E-state index contributed by atoms with van der Waals surface area (Å²) in [6.07, 6.45) is 1.11. The molecule has 0 saturated carbocycles. The number of guanidine groups is 1. The van der Waals surface area contributed by atoms with E-state index < -0.39 is 0 Å². The SMILES string of the molecule is CN=C(NCCOCCC(C)C)NCC(C(C)C)N1CCOCC1.I. The van der Waals surface area contributed by atoms with Crippen molar-refractivity contribution in [3.8, 4) is 0 Å². The molecule has 0 aromatic rings. The molecule has 1 aliphatic rings. The molecule has 0 aromatic heterocycles. The number of nitrogens with one attached hydrogen (secondary N) is 2. The Bertz CT molecular complexity index is 348. The summed E-state index contributed by atoms with van der Waals surface area (Å²) in [4.78, 5) is 6.82. The lowest BCUT2D eigenvalue weighted by molar-refractivity contribution is 0.00751. The van der Waals surface area contributed by atoms with Crippen molar-refractivity contribution in [1.29, 1.82) is 0 Å². The fourth-order valence-corrected chi connectivity index (χ4v) is 2.78. The van der Waals surface area contributed by atoms with Crippen LogP contribution in [0.2, 0.25) is 0 Å². The quantitative estimate of drug-likeness (QED) is 0.222. The zero-order valence-corrected chi connectivity index (χ0v) is 19.0. The van der Waals surface area contributed by atoms with Gasteiger partial charge in [-0.3, -0.25) is 9.89 Å². The first-order valence-electron chi connectivity index (χ1n) is 9.38. The maximum absolute atomic E-state index is 5.63. The molecular weight excluding hydrogens is 431 g/mol. The Labute approximate surface area is 171 Å². The molecule has 1 rings (SSSR count). The van der Waals surface area contributed by atoms with E-state index in [0.29, 0.717) is 24.5 Å². The lowest BCUT2D eigenvalue weighted by atomic mass is 10.0. The monoisotopic (exact) mass is 470 g/mol. The highest BCUT2D eigenvalue weighted by Gasteiger charge is 2.23. The molecule has 0 bridgehead atoms. The molecular formula is C18H39IN4O2. The molecule has 0 aliphatic carbocycles. The Morgan fingerprint density at radius 2 is 1.80 bits per heavy atom. The third-order valence-corrected chi connectivity index (χ3v) is 4.36. The molecule has 1 fully saturated rings. The van der Waals surface area contributed by atoms with Crippen molar-refractivity contribution in [3.63, 3.8) is 0 Å². The number of hydrogen-bond acceptors (Lipinski definition) is 4. The number of ether oxygens (including phenoxy) is 2. The van der Waals surface area contributed by atoms with Gasteiger partial charge in [-0.05, 0) is 18.3 Å². The van der Waals surface area contributed by atoms with E-state index in [-0.39, 0.29) is 24.0 Å². The van der Waals surface area contributed by atoms with Crippen LogP contribution in [0.1, 0.15) is 34.1 Å². The van der Waals surface area contributed by atoms with Gasteiger partial charge in [0.2, 0.25) is 0 Å². The van der Waals surface area contributed by atoms with Crippen molar-refractivity contribution in [2.24, 2.45) is 16.8 Å².